The van der Waals surface area contributed by atoms with E-state index in [-0.39, 0.29) is 5.91 Å². The molecule has 5 heteroatoms. The minimum Gasteiger partial charge on any atom is -0.478 e. The fourth-order valence-corrected chi connectivity index (χ4v) is 3.75. The molecule has 0 aromatic heterocycles. The Morgan fingerprint density at radius 2 is 1.73 bits per heavy atom. The van der Waals surface area contributed by atoms with Crippen LogP contribution in [0.1, 0.15) is 44.7 Å². The van der Waals surface area contributed by atoms with Gasteiger partial charge in [0.1, 0.15) is 0 Å². The number of nitrogens with zero attached hydrogens (tertiary/aromatic N) is 1. The van der Waals surface area contributed by atoms with Gasteiger partial charge >= 0.3 is 5.97 Å². The van der Waals surface area contributed by atoms with Crippen LogP contribution in [-0.4, -0.2) is 35.0 Å². The standard InChI is InChI=1S/C21H22ClNO3/c1-14-5-4-8-18(19(14)22)20(24)23-11-9-15(10-12-23)13-16-6-2-3-7-17(16)21(25)26/h2-8,15H,9-13H2,1H3,(H,25,26). The number of halogens is 1. The van der Waals surface area contributed by atoms with Crippen LogP contribution < -0.4 is 0 Å². The Morgan fingerprint density at radius 3 is 2.42 bits per heavy atom. The van der Waals surface area contributed by atoms with E-state index in [1.54, 1.807) is 18.2 Å². The van der Waals surface area contributed by atoms with E-state index in [0.717, 1.165) is 30.4 Å². The van der Waals surface area contributed by atoms with Gasteiger partial charge in [-0.3, -0.25) is 4.79 Å². The van der Waals surface area contributed by atoms with Gasteiger partial charge in [-0.05, 0) is 55.4 Å². The van der Waals surface area contributed by atoms with Crippen molar-refractivity contribution in [3.05, 3.63) is 69.7 Å². The fourth-order valence-electron chi connectivity index (χ4n) is 3.54. The minimum atomic E-state index is -0.887. The van der Waals surface area contributed by atoms with E-state index >= 15 is 0 Å². The number of aryl methyl sites for hydroxylation is 1. The maximum Gasteiger partial charge on any atom is 0.335 e. The van der Waals surface area contributed by atoms with Crippen LogP contribution in [0.3, 0.4) is 0 Å². The molecule has 2 aromatic rings. The molecule has 0 radical (unpaired) electrons. The summed E-state index contributed by atoms with van der Waals surface area (Å²) in [6, 6.07) is 12.7. The Labute approximate surface area is 158 Å². The molecule has 2 aromatic carbocycles. The van der Waals surface area contributed by atoms with Gasteiger partial charge in [0.2, 0.25) is 0 Å². The number of rotatable bonds is 4. The van der Waals surface area contributed by atoms with Gasteiger partial charge in [-0.1, -0.05) is 41.9 Å². The van der Waals surface area contributed by atoms with E-state index in [9.17, 15) is 14.7 Å². The molecule has 136 valence electrons. The van der Waals surface area contributed by atoms with Crippen LogP contribution in [0.2, 0.25) is 5.02 Å². The molecule has 4 nitrogen and oxygen atoms in total. The summed E-state index contributed by atoms with van der Waals surface area (Å²) in [6.45, 7) is 3.23. The summed E-state index contributed by atoms with van der Waals surface area (Å²) in [5, 5.41) is 9.84. The van der Waals surface area contributed by atoms with Crippen molar-refractivity contribution < 1.29 is 14.7 Å². The Bertz CT molecular complexity index is 826. The number of hydrogen-bond donors (Lipinski definition) is 1. The highest BCUT2D eigenvalue weighted by Gasteiger charge is 2.26. The number of carbonyl (C=O) groups excluding carboxylic acids is 1. The summed E-state index contributed by atoms with van der Waals surface area (Å²) >= 11 is 6.29. The van der Waals surface area contributed by atoms with Crippen LogP contribution in [0.5, 0.6) is 0 Å². The van der Waals surface area contributed by atoms with Crippen LogP contribution in [0.15, 0.2) is 42.5 Å². The number of carboxylic acid groups (broad SMARTS) is 1. The largest absolute Gasteiger partial charge is 0.478 e. The Morgan fingerprint density at radius 1 is 1.08 bits per heavy atom. The summed E-state index contributed by atoms with van der Waals surface area (Å²) in [7, 11) is 0. The summed E-state index contributed by atoms with van der Waals surface area (Å²) in [4.78, 5) is 25.9. The number of piperidine rings is 1. The van der Waals surface area contributed by atoms with Crippen molar-refractivity contribution in [2.45, 2.75) is 26.2 Å². The molecular weight excluding hydrogens is 350 g/mol. The molecule has 1 heterocycles. The van der Waals surface area contributed by atoms with Gasteiger partial charge in [-0.15, -0.1) is 0 Å². The van der Waals surface area contributed by atoms with Crippen molar-refractivity contribution in [2.75, 3.05) is 13.1 Å². The van der Waals surface area contributed by atoms with Crippen LogP contribution in [0.25, 0.3) is 0 Å². The molecule has 0 atom stereocenters. The maximum atomic E-state index is 12.7. The predicted molar refractivity (Wildman–Crippen MR) is 102 cm³/mol. The van der Waals surface area contributed by atoms with Crippen LogP contribution >= 0.6 is 11.6 Å². The van der Waals surface area contributed by atoms with Gasteiger partial charge in [-0.2, -0.15) is 0 Å². The van der Waals surface area contributed by atoms with Crippen molar-refractivity contribution in [1.29, 1.82) is 0 Å². The van der Waals surface area contributed by atoms with E-state index in [4.69, 9.17) is 11.6 Å². The number of hydrogen-bond acceptors (Lipinski definition) is 2. The molecule has 1 fully saturated rings. The molecule has 3 rings (SSSR count). The predicted octanol–water partition coefficient (Wildman–Crippen LogP) is 4.44. The first-order valence-corrected chi connectivity index (χ1v) is 9.20. The zero-order chi connectivity index (χ0) is 18.7. The van der Waals surface area contributed by atoms with Gasteiger partial charge in [0, 0.05) is 13.1 Å². The Balaban J connectivity index is 1.64. The molecule has 0 aliphatic carbocycles. The number of carbonyl (C=O) groups is 2. The first-order chi connectivity index (χ1) is 12.5. The topological polar surface area (TPSA) is 57.6 Å². The third kappa shape index (κ3) is 3.91. The fraction of sp³-hybridized carbons (Fsp3) is 0.333. The highest BCUT2D eigenvalue weighted by molar-refractivity contribution is 6.34. The molecule has 0 spiro atoms. The molecule has 1 N–H and O–H groups in total. The van der Waals surface area contributed by atoms with Gasteiger partial charge in [0.25, 0.3) is 5.91 Å². The zero-order valence-electron chi connectivity index (χ0n) is 14.7. The quantitative estimate of drug-likeness (QED) is 0.864. The van der Waals surface area contributed by atoms with Gasteiger partial charge in [-0.25, -0.2) is 4.79 Å². The molecule has 1 aliphatic heterocycles. The van der Waals surface area contributed by atoms with Crippen molar-refractivity contribution >= 4 is 23.5 Å². The SMILES string of the molecule is Cc1cccc(C(=O)N2CCC(Cc3ccccc3C(=O)O)CC2)c1Cl. The van der Waals surface area contributed by atoms with E-state index in [2.05, 4.69) is 0 Å². The average molecular weight is 372 g/mol. The normalized spacial score (nSPS) is 15.1. The van der Waals surface area contributed by atoms with Crippen molar-refractivity contribution in [3.63, 3.8) is 0 Å². The molecule has 0 saturated carbocycles. The third-order valence-electron chi connectivity index (χ3n) is 5.08. The van der Waals surface area contributed by atoms with Crippen molar-refractivity contribution in [1.82, 2.24) is 4.90 Å². The number of likely N-dealkylation sites (tertiary alicyclic amines) is 1. The van der Waals surface area contributed by atoms with Crippen LogP contribution in [0.4, 0.5) is 0 Å². The number of carboxylic acids is 1. The minimum absolute atomic E-state index is 0.0249. The lowest BCUT2D eigenvalue weighted by atomic mass is 9.88. The molecule has 0 unspecified atom stereocenters. The van der Waals surface area contributed by atoms with E-state index < -0.39 is 5.97 Å². The second kappa shape index (κ2) is 7.92. The first-order valence-electron chi connectivity index (χ1n) is 8.83. The first kappa shape index (κ1) is 18.5. The van der Waals surface area contributed by atoms with E-state index in [1.165, 1.54) is 0 Å². The number of benzene rings is 2. The zero-order valence-corrected chi connectivity index (χ0v) is 15.5. The number of amides is 1. The van der Waals surface area contributed by atoms with Gasteiger partial charge < -0.3 is 10.0 Å². The Kier molecular flexibility index (Phi) is 5.62. The Hall–Kier alpha value is -2.33. The monoisotopic (exact) mass is 371 g/mol. The molecule has 1 saturated heterocycles. The summed E-state index contributed by atoms with van der Waals surface area (Å²) in [6.07, 6.45) is 2.46. The highest BCUT2D eigenvalue weighted by Crippen LogP contribution is 2.27. The summed E-state index contributed by atoms with van der Waals surface area (Å²) < 4.78 is 0. The van der Waals surface area contributed by atoms with E-state index in [0.29, 0.717) is 35.2 Å². The molecular formula is C21H22ClNO3. The maximum absolute atomic E-state index is 12.7. The molecule has 1 amide bonds. The van der Waals surface area contributed by atoms with Gasteiger partial charge in [0.05, 0.1) is 16.1 Å². The smallest absolute Gasteiger partial charge is 0.335 e. The summed E-state index contributed by atoms with van der Waals surface area (Å²) in [5.74, 6) is -0.530. The van der Waals surface area contributed by atoms with Crippen LogP contribution in [0, 0.1) is 12.8 Å². The number of aromatic carboxylic acids is 1. The molecule has 1 aliphatic rings. The lowest BCUT2D eigenvalue weighted by Crippen LogP contribution is -2.39. The third-order valence-corrected chi connectivity index (χ3v) is 5.58. The average Bonchev–Trinajstić information content (AvgIpc) is 2.64. The second-order valence-electron chi connectivity index (χ2n) is 6.84. The molecule has 26 heavy (non-hydrogen) atoms. The summed E-state index contributed by atoms with van der Waals surface area (Å²) in [5.41, 5.74) is 2.70. The van der Waals surface area contributed by atoms with E-state index in [1.807, 2.05) is 36.1 Å². The van der Waals surface area contributed by atoms with Crippen LogP contribution in [-0.2, 0) is 6.42 Å². The highest BCUT2D eigenvalue weighted by atomic mass is 35.5. The van der Waals surface area contributed by atoms with Crippen molar-refractivity contribution in [2.24, 2.45) is 5.92 Å². The molecule has 0 bridgehead atoms. The van der Waals surface area contributed by atoms with Crippen molar-refractivity contribution in [3.8, 4) is 0 Å². The van der Waals surface area contributed by atoms with Gasteiger partial charge in [0.15, 0.2) is 0 Å². The second-order valence-corrected chi connectivity index (χ2v) is 7.22. The lowest BCUT2D eigenvalue weighted by Gasteiger charge is -2.32. The lowest BCUT2D eigenvalue weighted by molar-refractivity contribution is 0.0690.